The van der Waals surface area contributed by atoms with Gasteiger partial charge in [0, 0.05) is 32.0 Å². The van der Waals surface area contributed by atoms with Crippen LogP contribution in [0.5, 0.6) is 0 Å². The van der Waals surface area contributed by atoms with Crippen molar-refractivity contribution in [3.63, 3.8) is 0 Å². The van der Waals surface area contributed by atoms with E-state index < -0.39 is 0 Å². The average molecular weight is 294 g/mol. The molecule has 0 aliphatic heterocycles. The fraction of sp³-hybridized carbons (Fsp3) is 0.278. The monoisotopic (exact) mass is 294 g/mol. The molecule has 0 aliphatic rings. The molecule has 1 aromatic carbocycles. The lowest BCUT2D eigenvalue weighted by molar-refractivity contribution is 0.826. The molecule has 0 unspecified atom stereocenters. The SMILES string of the molecule is CCN(Cc1ccccc1)c1cc(C)c2nc(CN)cn2c1. The van der Waals surface area contributed by atoms with E-state index in [0.29, 0.717) is 6.54 Å². The first-order chi connectivity index (χ1) is 10.7. The second-order valence-corrected chi connectivity index (χ2v) is 5.55. The van der Waals surface area contributed by atoms with Gasteiger partial charge in [0.15, 0.2) is 0 Å². The minimum absolute atomic E-state index is 0.470. The summed E-state index contributed by atoms with van der Waals surface area (Å²) in [5.41, 5.74) is 11.3. The van der Waals surface area contributed by atoms with Crippen LogP contribution < -0.4 is 10.6 Å². The van der Waals surface area contributed by atoms with Crippen LogP contribution in [0.1, 0.15) is 23.7 Å². The van der Waals surface area contributed by atoms with Crippen molar-refractivity contribution >= 4 is 11.3 Å². The average Bonchev–Trinajstić information content (AvgIpc) is 2.97. The van der Waals surface area contributed by atoms with Crippen LogP contribution in [0.25, 0.3) is 5.65 Å². The number of anilines is 1. The van der Waals surface area contributed by atoms with Crippen LogP contribution in [0.4, 0.5) is 5.69 Å². The minimum Gasteiger partial charge on any atom is -0.366 e. The van der Waals surface area contributed by atoms with Gasteiger partial charge < -0.3 is 15.0 Å². The number of fused-ring (bicyclic) bond motifs is 1. The van der Waals surface area contributed by atoms with Gasteiger partial charge in [0.2, 0.25) is 0 Å². The number of rotatable bonds is 5. The fourth-order valence-corrected chi connectivity index (χ4v) is 2.76. The Bertz CT molecular complexity index is 761. The van der Waals surface area contributed by atoms with Gasteiger partial charge in [-0.3, -0.25) is 0 Å². The van der Waals surface area contributed by atoms with Gasteiger partial charge in [-0.1, -0.05) is 30.3 Å². The van der Waals surface area contributed by atoms with Crippen molar-refractivity contribution in [2.45, 2.75) is 26.9 Å². The van der Waals surface area contributed by atoms with E-state index >= 15 is 0 Å². The third-order valence-corrected chi connectivity index (χ3v) is 3.94. The first kappa shape index (κ1) is 14.6. The molecule has 3 aromatic rings. The molecule has 2 aromatic heterocycles. The Morgan fingerprint density at radius 3 is 2.64 bits per heavy atom. The second kappa shape index (κ2) is 6.20. The molecular formula is C18H22N4. The van der Waals surface area contributed by atoms with E-state index in [0.717, 1.165) is 24.4 Å². The molecule has 0 fully saturated rings. The van der Waals surface area contributed by atoms with Gasteiger partial charge in [-0.2, -0.15) is 0 Å². The van der Waals surface area contributed by atoms with Crippen molar-refractivity contribution in [1.82, 2.24) is 9.38 Å². The van der Waals surface area contributed by atoms with Crippen molar-refractivity contribution in [3.05, 3.63) is 65.6 Å². The van der Waals surface area contributed by atoms with Gasteiger partial charge in [0.05, 0.1) is 11.4 Å². The van der Waals surface area contributed by atoms with Gasteiger partial charge in [-0.05, 0) is 31.0 Å². The summed E-state index contributed by atoms with van der Waals surface area (Å²) in [6.45, 7) is 6.61. The van der Waals surface area contributed by atoms with E-state index in [1.807, 2.05) is 6.20 Å². The van der Waals surface area contributed by atoms with Gasteiger partial charge in [0.25, 0.3) is 0 Å². The number of nitrogens with zero attached hydrogens (tertiary/aromatic N) is 3. The number of hydrogen-bond donors (Lipinski definition) is 1. The van der Waals surface area contributed by atoms with E-state index in [2.05, 4.69) is 70.7 Å². The first-order valence-electron chi connectivity index (χ1n) is 7.68. The minimum atomic E-state index is 0.470. The molecule has 0 bridgehead atoms. The van der Waals surface area contributed by atoms with Gasteiger partial charge >= 0.3 is 0 Å². The lowest BCUT2D eigenvalue weighted by Crippen LogP contribution is -2.22. The maximum Gasteiger partial charge on any atom is 0.140 e. The van der Waals surface area contributed by atoms with Crippen LogP contribution in [-0.2, 0) is 13.1 Å². The van der Waals surface area contributed by atoms with Crippen molar-refractivity contribution in [3.8, 4) is 0 Å². The summed E-state index contributed by atoms with van der Waals surface area (Å²) in [7, 11) is 0. The van der Waals surface area contributed by atoms with E-state index in [-0.39, 0.29) is 0 Å². The summed E-state index contributed by atoms with van der Waals surface area (Å²) >= 11 is 0. The molecule has 0 aliphatic carbocycles. The van der Waals surface area contributed by atoms with Crippen LogP contribution in [-0.4, -0.2) is 15.9 Å². The number of aromatic nitrogens is 2. The standard InChI is InChI=1S/C18H22N4/c1-3-21(11-15-7-5-4-6-8-15)17-9-14(2)18-20-16(10-19)12-22(18)13-17/h4-9,12-13H,3,10-11,19H2,1-2H3. The molecule has 114 valence electrons. The van der Waals surface area contributed by atoms with Gasteiger partial charge in [-0.15, -0.1) is 0 Å². The predicted octanol–water partition coefficient (Wildman–Crippen LogP) is 3.13. The lowest BCUT2D eigenvalue weighted by atomic mass is 10.2. The van der Waals surface area contributed by atoms with E-state index in [1.165, 1.54) is 16.8 Å². The Balaban J connectivity index is 1.96. The molecular weight excluding hydrogens is 272 g/mol. The zero-order valence-electron chi connectivity index (χ0n) is 13.2. The summed E-state index contributed by atoms with van der Waals surface area (Å²) in [5.74, 6) is 0. The van der Waals surface area contributed by atoms with Crippen LogP contribution in [0.2, 0.25) is 0 Å². The molecule has 0 atom stereocenters. The molecule has 0 spiro atoms. The first-order valence-corrected chi connectivity index (χ1v) is 7.68. The Hall–Kier alpha value is -2.33. The molecule has 2 N–H and O–H groups in total. The molecule has 4 nitrogen and oxygen atoms in total. The van der Waals surface area contributed by atoms with Gasteiger partial charge in [0.1, 0.15) is 5.65 Å². The van der Waals surface area contributed by atoms with Crippen LogP contribution in [0, 0.1) is 6.92 Å². The summed E-state index contributed by atoms with van der Waals surface area (Å²) in [4.78, 5) is 6.93. The summed E-state index contributed by atoms with van der Waals surface area (Å²) in [6.07, 6.45) is 4.16. The van der Waals surface area contributed by atoms with Crippen molar-refractivity contribution in [1.29, 1.82) is 0 Å². The number of aryl methyl sites for hydroxylation is 1. The number of benzene rings is 1. The number of hydrogen-bond acceptors (Lipinski definition) is 3. The van der Waals surface area contributed by atoms with Crippen molar-refractivity contribution in [2.24, 2.45) is 5.73 Å². The Morgan fingerprint density at radius 2 is 1.95 bits per heavy atom. The maximum atomic E-state index is 5.70. The van der Waals surface area contributed by atoms with E-state index in [9.17, 15) is 0 Å². The third-order valence-electron chi connectivity index (χ3n) is 3.94. The predicted molar refractivity (Wildman–Crippen MR) is 91.0 cm³/mol. The molecule has 0 saturated heterocycles. The molecule has 2 heterocycles. The Kier molecular flexibility index (Phi) is 4.11. The van der Waals surface area contributed by atoms with E-state index in [4.69, 9.17) is 5.73 Å². The van der Waals surface area contributed by atoms with Crippen LogP contribution in [0.3, 0.4) is 0 Å². The maximum absolute atomic E-state index is 5.70. The normalized spacial score (nSPS) is 11.0. The van der Waals surface area contributed by atoms with Gasteiger partial charge in [-0.25, -0.2) is 4.98 Å². The Morgan fingerprint density at radius 1 is 1.18 bits per heavy atom. The highest BCUT2D eigenvalue weighted by atomic mass is 15.1. The van der Waals surface area contributed by atoms with Crippen LogP contribution in [0.15, 0.2) is 48.8 Å². The van der Waals surface area contributed by atoms with Crippen LogP contribution >= 0.6 is 0 Å². The van der Waals surface area contributed by atoms with E-state index in [1.54, 1.807) is 0 Å². The smallest absolute Gasteiger partial charge is 0.140 e. The van der Waals surface area contributed by atoms with Crippen molar-refractivity contribution < 1.29 is 0 Å². The third kappa shape index (κ3) is 2.83. The summed E-state index contributed by atoms with van der Waals surface area (Å²) in [6, 6.07) is 12.8. The highest BCUT2D eigenvalue weighted by molar-refractivity contribution is 5.58. The quantitative estimate of drug-likeness (QED) is 0.786. The molecule has 0 radical (unpaired) electrons. The lowest BCUT2D eigenvalue weighted by Gasteiger charge is -2.24. The molecule has 0 saturated carbocycles. The van der Waals surface area contributed by atoms with Crippen molar-refractivity contribution in [2.75, 3.05) is 11.4 Å². The topological polar surface area (TPSA) is 46.6 Å². The number of imidazole rings is 1. The zero-order chi connectivity index (χ0) is 15.5. The molecule has 3 rings (SSSR count). The Labute approximate surface area is 131 Å². The summed E-state index contributed by atoms with van der Waals surface area (Å²) in [5, 5.41) is 0. The molecule has 22 heavy (non-hydrogen) atoms. The second-order valence-electron chi connectivity index (χ2n) is 5.55. The molecule has 0 amide bonds. The zero-order valence-corrected chi connectivity index (χ0v) is 13.2. The highest BCUT2D eigenvalue weighted by Gasteiger charge is 2.10. The number of nitrogens with two attached hydrogens (primary N) is 1. The fourth-order valence-electron chi connectivity index (χ4n) is 2.76. The summed E-state index contributed by atoms with van der Waals surface area (Å²) < 4.78 is 2.08. The number of pyridine rings is 1. The highest BCUT2D eigenvalue weighted by Crippen LogP contribution is 2.22. The molecule has 4 heteroatoms. The largest absolute Gasteiger partial charge is 0.366 e.